The highest BCUT2D eigenvalue weighted by Gasteiger charge is 2.23. The highest BCUT2D eigenvalue weighted by Crippen LogP contribution is 2.06. The summed E-state index contributed by atoms with van der Waals surface area (Å²) in [6, 6.07) is -0.565. The Labute approximate surface area is 89.7 Å². The van der Waals surface area contributed by atoms with Crippen molar-refractivity contribution >= 4 is 11.9 Å². The molecule has 0 aromatic carbocycles. The third-order valence-corrected chi connectivity index (χ3v) is 2.24. The molecule has 0 radical (unpaired) electrons. The molecule has 0 saturated carbocycles. The average Bonchev–Trinajstić information content (AvgIpc) is 2.14. The standard InChI is InChI=1S/C10H19NO4/c1-3-6-11(7-5-9(12)13)8(4-2)10(14)15/h8H,3-7H2,1-2H3,(H,12,13)(H,14,15). The molecule has 0 amide bonds. The maximum absolute atomic E-state index is 10.9. The number of carbonyl (C=O) groups is 2. The van der Waals surface area contributed by atoms with Gasteiger partial charge >= 0.3 is 11.9 Å². The smallest absolute Gasteiger partial charge is 0.320 e. The topological polar surface area (TPSA) is 77.8 Å². The Bertz CT molecular complexity index is 217. The van der Waals surface area contributed by atoms with E-state index in [2.05, 4.69) is 0 Å². The van der Waals surface area contributed by atoms with Gasteiger partial charge in [-0.3, -0.25) is 14.5 Å². The fraction of sp³-hybridized carbons (Fsp3) is 0.800. The van der Waals surface area contributed by atoms with Gasteiger partial charge in [0, 0.05) is 6.54 Å². The van der Waals surface area contributed by atoms with Crippen molar-refractivity contribution in [3.8, 4) is 0 Å². The summed E-state index contributed by atoms with van der Waals surface area (Å²) in [7, 11) is 0. The lowest BCUT2D eigenvalue weighted by Gasteiger charge is -2.26. The molecule has 0 aromatic rings. The monoisotopic (exact) mass is 217 g/mol. The van der Waals surface area contributed by atoms with Gasteiger partial charge in [0.2, 0.25) is 0 Å². The minimum atomic E-state index is -0.892. The molecule has 15 heavy (non-hydrogen) atoms. The van der Waals surface area contributed by atoms with E-state index in [9.17, 15) is 9.59 Å². The summed E-state index contributed by atoms with van der Waals surface area (Å²) in [5, 5.41) is 17.5. The molecule has 2 N–H and O–H groups in total. The van der Waals surface area contributed by atoms with Crippen LogP contribution in [0.25, 0.3) is 0 Å². The zero-order valence-corrected chi connectivity index (χ0v) is 9.27. The largest absolute Gasteiger partial charge is 0.481 e. The third kappa shape index (κ3) is 5.37. The Kier molecular flexibility index (Phi) is 6.70. The van der Waals surface area contributed by atoms with Crippen molar-refractivity contribution in [2.45, 2.75) is 39.2 Å². The molecule has 0 rings (SSSR count). The average molecular weight is 217 g/mol. The zero-order valence-electron chi connectivity index (χ0n) is 9.27. The minimum Gasteiger partial charge on any atom is -0.481 e. The van der Waals surface area contributed by atoms with E-state index in [1.54, 1.807) is 11.8 Å². The number of carboxylic acids is 2. The highest BCUT2D eigenvalue weighted by molar-refractivity contribution is 5.73. The molecular formula is C10H19NO4. The van der Waals surface area contributed by atoms with E-state index in [-0.39, 0.29) is 6.42 Å². The van der Waals surface area contributed by atoms with Crippen molar-refractivity contribution < 1.29 is 19.8 Å². The summed E-state index contributed by atoms with van der Waals surface area (Å²) in [5.41, 5.74) is 0. The van der Waals surface area contributed by atoms with Crippen LogP contribution in [0.3, 0.4) is 0 Å². The van der Waals surface area contributed by atoms with Gasteiger partial charge in [-0.1, -0.05) is 13.8 Å². The van der Waals surface area contributed by atoms with Crippen LogP contribution in [0.15, 0.2) is 0 Å². The van der Waals surface area contributed by atoms with Gasteiger partial charge in [0.25, 0.3) is 0 Å². The highest BCUT2D eigenvalue weighted by atomic mass is 16.4. The van der Waals surface area contributed by atoms with E-state index < -0.39 is 18.0 Å². The summed E-state index contributed by atoms with van der Waals surface area (Å²) in [4.78, 5) is 23.0. The van der Waals surface area contributed by atoms with Gasteiger partial charge in [0.1, 0.15) is 6.04 Å². The Balaban J connectivity index is 4.33. The van der Waals surface area contributed by atoms with Gasteiger partial charge in [0.15, 0.2) is 0 Å². The lowest BCUT2D eigenvalue weighted by Crippen LogP contribution is -2.42. The SMILES string of the molecule is CCCN(CCC(=O)O)C(CC)C(=O)O. The van der Waals surface area contributed by atoms with Crippen LogP contribution in [0.1, 0.15) is 33.1 Å². The molecule has 0 aliphatic heterocycles. The molecule has 0 aliphatic carbocycles. The van der Waals surface area contributed by atoms with Gasteiger partial charge in [-0.2, -0.15) is 0 Å². The summed E-state index contributed by atoms with van der Waals surface area (Å²) in [5.74, 6) is -1.77. The van der Waals surface area contributed by atoms with Crippen LogP contribution in [0, 0.1) is 0 Å². The lowest BCUT2D eigenvalue weighted by molar-refractivity contribution is -0.145. The lowest BCUT2D eigenvalue weighted by atomic mass is 10.1. The number of nitrogens with zero attached hydrogens (tertiary/aromatic N) is 1. The number of aliphatic carboxylic acids is 2. The van der Waals surface area contributed by atoms with E-state index in [4.69, 9.17) is 10.2 Å². The molecule has 0 saturated heterocycles. The first-order chi connectivity index (χ1) is 7.02. The molecule has 5 heteroatoms. The van der Waals surface area contributed by atoms with E-state index in [1.807, 2.05) is 6.92 Å². The van der Waals surface area contributed by atoms with Gasteiger partial charge in [-0.15, -0.1) is 0 Å². The summed E-state index contributed by atoms with van der Waals surface area (Å²) in [6.45, 7) is 4.66. The number of carboxylic acid groups (broad SMARTS) is 2. The molecule has 0 fully saturated rings. The predicted molar refractivity (Wildman–Crippen MR) is 55.8 cm³/mol. The van der Waals surface area contributed by atoms with Crippen molar-refractivity contribution in [2.24, 2.45) is 0 Å². The molecule has 0 aromatic heterocycles. The third-order valence-electron chi connectivity index (χ3n) is 2.24. The van der Waals surface area contributed by atoms with E-state index in [1.165, 1.54) is 0 Å². The fourth-order valence-corrected chi connectivity index (χ4v) is 1.54. The number of rotatable bonds is 8. The van der Waals surface area contributed by atoms with Crippen LogP contribution < -0.4 is 0 Å². The van der Waals surface area contributed by atoms with E-state index in [0.29, 0.717) is 19.5 Å². The zero-order chi connectivity index (χ0) is 11.8. The molecule has 0 spiro atoms. The molecule has 0 heterocycles. The van der Waals surface area contributed by atoms with Crippen molar-refractivity contribution in [1.82, 2.24) is 4.90 Å². The van der Waals surface area contributed by atoms with Crippen LogP contribution in [0.4, 0.5) is 0 Å². The molecular weight excluding hydrogens is 198 g/mol. The van der Waals surface area contributed by atoms with Crippen LogP contribution >= 0.6 is 0 Å². The maximum Gasteiger partial charge on any atom is 0.320 e. The Morgan fingerprint density at radius 3 is 2.13 bits per heavy atom. The molecule has 1 atom stereocenters. The van der Waals surface area contributed by atoms with Crippen molar-refractivity contribution in [3.05, 3.63) is 0 Å². The Morgan fingerprint density at radius 1 is 1.20 bits per heavy atom. The molecule has 0 aliphatic rings. The first-order valence-corrected chi connectivity index (χ1v) is 5.21. The summed E-state index contributed by atoms with van der Waals surface area (Å²) >= 11 is 0. The second kappa shape index (κ2) is 7.23. The van der Waals surface area contributed by atoms with E-state index in [0.717, 1.165) is 6.42 Å². The Hall–Kier alpha value is -1.10. The van der Waals surface area contributed by atoms with Crippen LogP contribution in [-0.4, -0.2) is 46.2 Å². The predicted octanol–water partition coefficient (Wildman–Crippen LogP) is 1.04. The first-order valence-electron chi connectivity index (χ1n) is 5.21. The van der Waals surface area contributed by atoms with Gasteiger partial charge < -0.3 is 10.2 Å². The quantitative estimate of drug-likeness (QED) is 0.635. The van der Waals surface area contributed by atoms with E-state index >= 15 is 0 Å². The van der Waals surface area contributed by atoms with Gasteiger partial charge in [-0.25, -0.2) is 0 Å². The number of hydrogen-bond donors (Lipinski definition) is 2. The molecule has 5 nitrogen and oxygen atoms in total. The van der Waals surface area contributed by atoms with Crippen molar-refractivity contribution in [1.29, 1.82) is 0 Å². The second-order valence-electron chi connectivity index (χ2n) is 3.44. The van der Waals surface area contributed by atoms with Gasteiger partial charge in [-0.05, 0) is 19.4 Å². The second-order valence-corrected chi connectivity index (χ2v) is 3.44. The van der Waals surface area contributed by atoms with Crippen molar-refractivity contribution in [3.63, 3.8) is 0 Å². The van der Waals surface area contributed by atoms with Crippen LogP contribution in [-0.2, 0) is 9.59 Å². The minimum absolute atomic E-state index is 0.0101. The van der Waals surface area contributed by atoms with Crippen LogP contribution in [0.2, 0.25) is 0 Å². The maximum atomic E-state index is 10.9. The molecule has 1 unspecified atom stereocenters. The Morgan fingerprint density at radius 2 is 1.80 bits per heavy atom. The van der Waals surface area contributed by atoms with Gasteiger partial charge in [0.05, 0.1) is 6.42 Å². The number of hydrogen-bond acceptors (Lipinski definition) is 3. The summed E-state index contributed by atoms with van der Waals surface area (Å²) in [6.07, 6.45) is 1.31. The normalized spacial score (nSPS) is 12.7. The summed E-state index contributed by atoms with van der Waals surface area (Å²) < 4.78 is 0. The fourth-order valence-electron chi connectivity index (χ4n) is 1.54. The van der Waals surface area contributed by atoms with Crippen LogP contribution in [0.5, 0.6) is 0 Å². The van der Waals surface area contributed by atoms with Crippen molar-refractivity contribution in [2.75, 3.05) is 13.1 Å². The molecule has 0 bridgehead atoms. The molecule has 88 valence electrons. The first kappa shape index (κ1) is 13.9.